The van der Waals surface area contributed by atoms with Gasteiger partial charge in [-0.3, -0.25) is 0 Å². The molecule has 0 aliphatic carbocycles. The topological polar surface area (TPSA) is 0 Å². The second-order valence-electron chi connectivity index (χ2n) is 46.1. The third-order valence-corrected chi connectivity index (χ3v) is 19.2. The Morgan fingerprint density at radius 1 is 0.259 bits per heavy atom. The summed E-state index contributed by atoms with van der Waals surface area (Å²) in [6.45, 7) is 153. The Morgan fingerprint density at radius 2 is 0.448 bits per heavy atom. The zero-order valence-electron chi connectivity index (χ0n) is 94.6. The molecule has 0 aromatic carbocycles. The minimum atomic E-state index is 0.385. The highest BCUT2D eigenvalue weighted by Crippen LogP contribution is 2.53. The fraction of sp³-hybridized carbons (Fsp3) is 0.941. The normalized spacial score (nSPS) is 10.8. The van der Waals surface area contributed by atoms with Crippen molar-refractivity contribution >= 4 is 101 Å². The van der Waals surface area contributed by atoms with Crippen LogP contribution in [0.25, 0.3) is 0 Å². The fourth-order valence-electron chi connectivity index (χ4n) is 16.1. The SMILES string of the molecule is C=CCB(C=C)CC=C.CB(C)C.CB(C)C.CB(C)C.CB(C)C.CB(C)C.CB(C)C.CB(C)C.CC(C)(C)B(C(C)(C)C)C(C)(C)C.CC(C)B(C(C)C)C(C)C.CC(C)CB(CC(C)C)CC(C)C.CCB(CC)CC.CCC(C)B(C(C)CC)C(C)CC.CCCB(CCC)CCC.CCCCB(CCCC)CCCC. The zero-order valence-corrected chi connectivity index (χ0v) is 94.6. The lowest BCUT2D eigenvalue weighted by Crippen LogP contribution is -2.42. The molecule has 0 saturated heterocycles. The summed E-state index contributed by atoms with van der Waals surface area (Å²) in [6, 6.07) is 0. The van der Waals surface area contributed by atoms with Crippen LogP contribution in [0, 0.1) is 17.8 Å². The van der Waals surface area contributed by atoms with Crippen molar-refractivity contribution in [3.05, 3.63) is 37.9 Å². The van der Waals surface area contributed by atoms with Gasteiger partial charge in [0.2, 0.25) is 0 Å². The smallest absolute Gasteiger partial charge is 0.121 e. The Labute approximate surface area is 760 Å². The van der Waals surface area contributed by atoms with E-state index in [1.165, 1.54) is 153 Å². The van der Waals surface area contributed by atoms with E-state index in [-0.39, 0.29) is 0 Å². The monoisotopic (exact) mass is 1620 g/mol. The molecule has 0 aliphatic heterocycles. The molecule has 0 amide bonds. The fourth-order valence-corrected chi connectivity index (χ4v) is 16.1. The molecule has 0 bridgehead atoms. The Bertz CT molecular complexity index is 1510. The van der Waals surface area contributed by atoms with Gasteiger partial charge in [-0.1, -0.05) is 639 Å². The Balaban J connectivity index is -0.0000000741. The van der Waals surface area contributed by atoms with E-state index in [0.29, 0.717) is 22.7 Å². The quantitative estimate of drug-likeness (QED) is 0.0427. The number of hydrogen-bond donors (Lipinski definition) is 0. The highest BCUT2D eigenvalue weighted by Gasteiger charge is 2.46. The second-order valence-corrected chi connectivity index (χ2v) is 46.1. The van der Waals surface area contributed by atoms with Crippen molar-refractivity contribution in [2.24, 2.45) is 17.8 Å². The van der Waals surface area contributed by atoms with Crippen molar-refractivity contribution in [3.63, 3.8) is 0 Å². The van der Waals surface area contributed by atoms with Gasteiger partial charge in [-0.2, -0.15) is 0 Å². The highest BCUT2D eigenvalue weighted by atomic mass is 14.2. The van der Waals surface area contributed by atoms with Crippen LogP contribution in [0.3, 0.4) is 0 Å². The molecular formula is C101H241B15. The molecule has 0 fully saturated rings. The van der Waals surface area contributed by atoms with Crippen LogP contribution in [0.1, 0.15) is 326 Å². The number of unbranched alkanes of at least 4 members (excludes halogenated alkanes) is 3. The van der Waals surface area contributed by atoms with Crippen LogP contribution >= 0.6 is 0 Å². The van der Waals surface area contributed by atoms with E-state index in [4.69, 9.17) is 0 Å². The molecule has 3 atom stereocenters. The van der Waals surface area contributed by atoms with Crippen LogP contribution in [0.2, 0.25) is 283 Å². The van der Waals surface area contributed by atoms with E-state index in [9.17, 15) is 0 Å². The summed E-state index contributed by atoms with van der Waals surface area (Å²) < 4.78 is 0. The summed E-state index contributed by atoms with van der Waals surface area (Å²) >= 11 is 0. The van der Waals surface area contributed by atoms with Crippen LogP contribution in [0.15, 0.2) is 37.9 Å². The van der Waals surface area contributed by atoms with Gasteiger partial charge in [0.15, 0.2) is 13.4 Å². The van der Waals surface area contributed by atoms with Crippen LogP contribution in [0.5, 0.6) is 0 Å². The molecule has 0 saturated carbocycles. The van der Waals surface area contributed by atoms with Crippen molar-refractivity contribution in [1.29, 1.82) is 0 Å². The molecule has 0 nitrogen and oxygen atoms in total. The predicted molar refractivity (Wildman–Crippen MR) is 608 cm³/mol. The van der Waals surface area contributed by atoms with Crippen molar-refractivity contribution in [2.45, 2.75) is 609 Å². The zero-order chi connectivity index (χ0) is 95.9. The van der Waals surface area contributed by atoms with Gasteiger partial charge in [-0.25, -0.2) is 0 Å². The lowest BCUT2D eigenvalue weighted by atomic mass is 9.15. The minimum Gasteiger partial charge on any atom is -0.121 e. The summed E-state index contributed by atoms with van der Waals surface area (Å²) in [5.41, 5.74) is 0. The molecule has 0 aromatic rings. The number of rotatable bonds is 38. The molecule has 0 heterocycles. The lowest BCUT2D eigenvalue weighted by Gasteiger charge is -2.46. The van der Waals surface area contributed by atoms with Crippen LogP contribution in [-0.4, -0.2) is 101 Å². The highest BCUT2D eigenvalue weighted by molar-refractivity contribution is 6.68. The maximum Gasteiger partial charge on any atom is 0.173 e. The minimum absolute atomic E-state index is 0.385. The molecular weight excluding hydrogens is 1380 g/mol. The van der Waals surface area contributed by atoms with Gasteiger partial charge in [-0.15, -0.1) is 25.7 Å². The van der Waals surface area contributed by atoms with Crippen LogP contribution in [0.4, 0.5) is 0 Å². The molecule has 15 heteroatoms. The summed E-state index contributed by atoms with van der Waals surface area (Å²) in [6.07, 6.45) is 39.5. The van der Waals surface area contributed by atoms with Crippen LogP contribution in [-0.2, 0) is 0 Å². The Morgan fingerprint density at radius 3 is 0.543 bits per heavy atom. The van der Waals surface area contributed by atoms with Crippen molar-refractivity contribution < 1.29 is 0 Å². The molecule has 0 N–H and O–H groups in total. The first-order valence-corrected chi connectivity index (χ1v) is 51.7. The van der Waals surface area contributed by atoms with Gasteiger partial charge in [0, 0.05) is 0 Å². The molecule has 3 unspecified atom stereocenters. The van der Waals surface area contributed by atoms with E-state index in [2.05, 4.69) is 412 Å². The number of allylic oxidation sites excluding steroid dienone is 2. The third-order valence-electron chi connectivity index (χ3n) is 19.2. The summed E-state index contributed by atoms with van der Waals surface area (Å²) in [5, 5.41) is 1.16. The van der Waals surface area contributed by atoms with E-state index >= 15 is 0 Å². The Kier molecular flexibility index (Phi) is 137. The average molecular weight is 1620 g/mol. The van der Waals surface area contributed by atoms with Gasteiger partial charge in [0.25, 0.3) is 0 Å². The van der Waals surface area contributed by atoms with E-state index in [0.717, 1.165) is 159 Å². The second kappa shape index (κ2) is 106. The first-order chi connectivity index (χ1) is 52.8. The van der Waals surface area contributed by atoms with Gasteiger partial charge >= 0.3 is 0 Å². The standard InChI is InChI=1S/4C12H27B.2C9H21B.C8H13B.C6H15B.7C3H9B/c1-10(2)7-13(8-11(3)4)9-12(5)6;1-10(2,3)13(11(4,5)6)12(7,8)9;1-7-10(4)13(11(5)8-2)12(6)9-3;1-4-7-10-13(11-8-5-2)12-9-6-3;1-7(2)10(8(3)4)9(5)6;1-4-7-10(8-5-2)9-6-3;1-4-7-9(6-3)8-5-2;1-4-7(5-2)6-3;7*1-4(2)3/h10-12H,7-9H2,1-6H3;1-9H3;10-12H,7-9H2,1-6H3;4-12H2,1-3H3;7-9H,1-6H3;4-9H2,1-3H3;4-6H,1-3,7-8H2;4-6H2,1-3H3;7*1-3H3. The Hall–Kier alpha value is 0.194. The van der Waals surface area contributed by atoms with Crippen LogP contribution < -0.4 is 0 Å². The summed E-state index contributed by atoms with van der Waals surface area (Å²) in [7, 11) is 0. The van der Waals surface area contributed by atoms with Crippen molar-refractivity contribution in [1.82, 2.24) is 0 Å². The van der Waals surface area contributed by atoms with E-state index in [1.54, 1.807) is 0 Å². The van der Waals surface area contributed by atoms with Gasteiger partial charge in [-0.05, 0) is 0 Å². The molecule has 116 heavy (non-hydrogen) atoms. The molecule has 0 rings (SSSR count). The predicted octanol–water partition coefficient (Wildman–Crippen LogP) is 41.2. The maximum atomic E-state index is 3.70. The molecule has 0 aromatic heterocycles. The third kappa shape index (κ3) is 161. The molecule has 0 aliphatic rings. The molecule has 690 valence electrons. The van der Waals surface area contributed by atoms with Crippen molar-refractivity contribution in [2.75, 3.05) is 0 Å². The van der Waals surface area contributed by atoms with Gasteiger partial charge < -0.3 is 0 Å². The van der Waals surface area contributed by atoms with Gasteiger partial charge in [0.1, 0.15) is 87.3 Å². The maximum absolute atomic E-state index is 3.70. The average Bonchev–Trinajstić information content (AvgIpc) is 0.793. The largest absolute Gasteiger partial charge is 0.173 e. The first kappa shape index (κ1) is 151. The first-order valence-electron chi connectivity index (χ1n) is 51.7. The van der Waals surface area contributed by atoms with E-state index < -0.39 is 0 Å². The molecule has 0 radical (unpaired) electrons. The lowest BCUT2D eigenvalue weighted by molar-refractivity contribution is 0.568. The van der Waals surface area contributed by atoms with Gasteiger partial charge in [0.05, 0.1) is 0 Å². The van der Waals surface area contributed by atoms with Crippen molar-refractivity contribution in [3.8, 4) is 0 Å². The summed E-state index contributed by atoms with van der Waals surface area (Å²) in [5.74, 6) is 9.72. The number of hydrogen-bond acceptors (Lipinski definition) is 0. The molecule has 0 spiro atoms. The van der Waals surface area contributed by atoms with E-state index in [1.807, 2.05) is 18.1 Å². The summed E-state index contributed by atoms with van der Waals surface area (Å²) in [4.78, 5) is 0.